The van der Waals surface area contributed by atoms with E-state index in [2.05, 4.69) is 5.32 Å². The van der Waals surface area contributed by atoms with E-state index < -0.39 is 17.1 Å². The van der Waals surface area contributed by atoms with Crippen LogP contribution in [0.15, 0.2) is 29.2 Å². The Balaban J connectivity index is 1.97. The van der Waals surface area contributed by atoms with Crippen LogP contribution in [0, 0.1) is 5.41 Å². The molecule has 0 radical (unpaired) electrons. The van der Waals surface area contributed by atoms with Gasteiger partial charge < -0.3 is 10.4 Å². The number of carboxylic acid groups (broad SMARTS) is 1. The van der Waals surface area contributed by atoms with Gasteiger partial charge in [-0.3, -0.25) is 9.59 Å². The number of amides is 1. The van der Waals surface area contributed by atoms with E-state index >= 15 is 0 Å². The van der Waals surface area contributed by atoms with Crippen molar-refractivity contribution in [2.75, 3.05) is 6.54 Å². The van der Waals surface area contributed by atoms with E-state index in [1.165, 1.54) is 24.3 Å². The van der Waals surface area contributed by atoms with Crippen molar-refractivity contribution in [3.8, 4) is 0 Å². The molecule has 0 heterocycles. The molecule has 4 nitrogen and oxygen atoms in total. The number of thioether (sulfide) groups is 1. The van der Waals surface area contributed by atoms with Crippen LogP contribution >= 0.6 is 11.8 Å². The van der Waals surface area contributed by atoms with E-state index in [1.54, 1.807) is 0 Å². The van der Waals surface area contributed by atoms with Crippen LogP contribution in [0.4, 0.5) is 8.78 Å². The Kier molecular flexibility index (Phi) is 5.98. The zero-order valence-electron chi connectivity index (χ0n) is 12.6. The highest BCUT2D eigenvalue weighted by molar-refractivity contribution is 7.99. The fraction of sp³-hybridized carbons (Fsp3) is 0.500. The van der Waals surface area contributed by atoms with Crippen LogP contribution in [0.25, 0.3) is 0 Å². The third-order valence-electron chi connectivity index (χ3n) is 4.19. The van der Waals surface area contributed by atoms with Crippen LogP contribution < -0.4 is 5.32 Å². The zero-order valence-corrected chi connectivity index (χ0v) is 13.4. The first kappa shape index (κ1) is 17.7. The van der Waals surface area contributed by atoms with Crippen molar-refractivity contribution in [2.24, 2.45) is 5.41 Å². The Morgan fingerprint density at radius 2 is 1.78 bits per heavy atom. The first-order valence-electron chi connectivity index (χ1n) is 7.49. The molecule has 1 aromatic rings. The van der Waals surface area contributed by atoms with Crippen molar-refractivity contribution in [1.82, 2.24) is 5.32 Å². The number of halogens is 2. The van der Waals surface area contributed by atoms with Gasteiger partial charge in [-0.1, -0.05) is 31.0 Å². The van der Waals surface area contributed by atoms with Crippen LogP contribution in [0.2, 0.25) is 0 Å². The topological polar surface area (TPSA) is 66.4 Å². The molecule has 2 rings (SSSR count). The van der Waals surface area contributed by atoms with E-state index in [0.29, 0.717) is 35.1 Å². The van der Waals surface area contributed by atoms with Gasteiger partial charge in [0.05, 0.1) is 5.41 Å². The highest BCUT2D eigenvalue weighted by Crippen LogP contribution is 2.36. The van der Waals surface area contributed by atoms with Crippen molar-refractivity contribution in [3.05, 3.63) is 29.8 Å². The molecule has 0 atom stereocenters. The molecule has 2 N–H and O–H groups in total. The molecule has 1 aliphatic carbocycles. The lowest BCUT2D eigenvalue weighted by atomic mass is 9.74. The maximum atomic E-state index is 12.3. The summed E-state index contributed by atoms with van der Waals surface area (Å²) < 4.78 is 24.5. The van der Waals surface area contributed by atoms with E-state index in [4.69, 9.17) is 0 Å². The standard InChI is InChI=1S/C16H19F2NO3S/c17-15(18)23-12-6-4-11(5-7-12)13(20)19-10-16(14(21)22)8-2-1-3-9-16/h4-7,15H,1-3,8-10H2,(H,19,20)(H,21,22). The van der Waals surface area contributed by atoms with Crippen LogP contribution in [-0.4, -0.2) is 29.3 Å². The van der Waals surface area contributed by atoms with Crippen LogP contribution in [0.5, 0.6) is 0 Å². The summed E-state index contributed by atoms with van der Waals surface area (Å²) in [6.45, 7) is 0.0920. The Labute approximate surface area is 137 Å². The van der Waals surface area contributed by atoms with Crippen molar-refractivity contribution in [3.63, 3.8) is 0 Å². The predicted molar refractivity (Wildman–Crippen MR) is 83.8 cm³/mol. The monoisotopic (exact) mass is 343 g/mol. The number of hydrogen-bond donors (Lipinski definition) is 2. The molecule has 1 saturated carbocycles. The highest BCUT2D eigenvalue weighted by Gasteiger charge is 2.39. The van der Waals surface area contributed by atoms with Gasteiger partial charge in [-0.05, 0) is 37.1 Å². The van der Waals surface area contributed by atoms with Gasteiger partial charge in [0, 0.05) is 17.0 Å². The minimum Gasteiger partial charge on any atom is -0.481 e. The average Bonchev–Trinajstić information content (AvgIpc) is 2.53. The maximum absolute atomic E-state index is 12.3. The van der Waals surface area contributed by atoms with Gasteiger partial charge in [0.2, 0.25) is 0 Å². The number of nitrogens with one attached hydrogen (secondary N) is 1. The fourth-order valence-electron chi connectivity index (χ4n) is 2.83. The van der Waals surface area contributed by atoms with Crippen molar-refractivity contribution >= 4 is 23.6 Å². The number of hydrogen-bond acceptors (Lipinski definition) is 3. The zero-order chi connectivity index (χ0) is 16.9. The number of aliphatic carboxylic acids is 1. The lowest BCUT2D eigenvalue weighted by molar-refractivity contribution is -0.150. The molecule has 0 spiro atoms. The Morgan fingerprint density at radius 3 is 2.30 bits per heavy atom. The molecule has 126 valence electrons. The van der Waals surface area contributed by atoms with Gasteiger partial charge in [0.15, 0.2) is 0 Å². The SMILES string of the molecule is O=C(NCC1(C(=O)O)CCCCC1)c1ccc(SC(F)F)cc1. The normalized spacial score (nSPS) is 17.0. The van der Waals surface area contributed by atoms with Crippen molar-refractivity contribution in [1.29, 1.82) is 0 Å². The molecule has 7 heteroatoms. The second kappa shape index (κ2) is 7.77. The molecule has 1 aromatic carbocycles. The second-order valence-corrected chi connectivity index (χ2v) is 6.80. The molecular formula is C16H19F2NO3S. The summed E-state index contributed by atoms with van der Waals surface area (Å²) in [6, 6.07) is 5.85. The molecule has 1 aliphatic rings. The smallest absolute Gasteiger partial charge is 0.311 e. The lowest BCUT2D eigenvalue weighted by Gasteiger charge is -2.33. The van der Waals surface area contributed by atoms with Gasteiger partial charge in [0.1, 0.15) is 0 Å². The number of benzene rings is 1. The summed E-state index contributed by atoms with van der Waals surface area (Å²) in [6.07, 6.45) is 3.84. The maximum Gasteiger partial charge on any atom is 0.311 e. The van der Waals surface area contributed by atoms with E-state index in [-0.39, 0.29) is 12.5 Å². The summed E-state index contributed by atoms with van der Waals surface area (Å²) in [5.41, 5.74) is -0.556. The van der Waals surface area contributed by atoms with Crippen molar-refractivity contribution in [2.45, 2.75) is 42.8 Å². The predicted octanol–water partition coefficient (Wildman–Crippen LogP) is 3.77. The largest absolute Gasteiger partial charge is 0.481 e. The molecule has 0 aromatic heterocycles. The molecule has 0 saturated heterocycles. The third-order valence-corrected chi connectivity index (χ3v) is 4.92. The van der Waals surface area contributed by atoms with Crippen molar-refractivity contribution < 1.29 is 23.5 Å². The van der Waals surface area contributed by atoms with Gasteiger partial charge >= 0.3 is 5.97 Å². The number of carboxylic acids is 1. The lowest BCUT2D eigenvalue weighted by Crippen LogP contribution is -2.44. The van der Waals surface area contributed by atoms with Gasteiger partial charge in [-0.15, -0.1) is 0 Å². The Hall–Kier alpha value is -1.63. The molecule has 1 fully saturated rings. The van der Waals surface area contributed by atoms with Crippen LogP contribution in [0.1, 0.15) is 42.5 Å². The first-order chi connectivity index (χ1) is 10.9. The third kappa shape index (κ3) is 4.67. The first-order valence-corrected chi connectivity index (χ1v) is 8.37. The second-order valence-electron chi connectivity index (χ2n) is 5.73. The van der Waals surface area contributed by atoms with Gasteiger partial charge in [0.25, 0.3) is 11.7 Å². The number of alkyl halides is 2. The number of carbonyl (C=O) groups excluding carboxylic acids is 1. The summed E-state index contributed by atoms with van der Waals surface area (Å²) in [7, 11) is 0. The molecule has 0 unspecified atom stereocenters. The van der Waals surface area contributed by atoms with Gasteiger partial charge in [-0.25, -0.2) is 0 Å². The molecule has 1 amide bonds. The fourth-order valence-corrected chi connectivity index (χ4v) is 3.33. The van der Waals surface area contributed by atoms with Gasteiger partial charge in [-0.2, -0.15) is 8.78 Å². The Bertz CT molecular complexity index is 557. The van der Waals surface area contributed by atoms with Crippen LogP contribution in [0.3, 0.4) is 0 Å². The Morgan fingerprint density at radius 1 is 1.17 bits per heavy atom. The summed E-state index contributed by atoms with van der Waals surface area (Å²) >= 11 is 0.415. The average molecular weight is 343 g/mol. The minimum absolute atomic E-state index is 0.0920. The molecule has 0 aliphatic heterocycles. The molecule has 23 heavy (non-hydrogen) atoms. The quantitative estimate of drug-likeness (QED) is 0.772. The minimum atomic E-state index is -2.50. The number of carbonyl (C=O) groups is 2. The summed E-state index contributed by atoms with van der Waals surface area (Å²) in [5.74, 6) is -3.76. The van der Waals surface area contributed by atoms with E-state index in [0.717, 1.165) is 19.3 Å². The summed E-state index contributed by atoms with van der Waals surface area (Å²) in [5, 5.41) is 12.1. The summed E-state index contributed by atoms with van der Waals surface area (Å²) in [4.78, 5) is 24.1. The molecule has 0 bridgehead atoms. The highest BCUT2D eigenvalue weighted by atomic mass is 32.2. The van der Waals surface area contributed by atoms with E-state index in [1.807, 2.05) is 0 Å². The molecular weight excluding hydrogens is 324 g/mol. The van der Waals surface area contributed by atoms with Crippen LogP contribution in [-0.2, 0) is 4.79 Å². The number of rotatable bonds is 6. The van der Waals surface area contributed by atoms with E-state index in [9.17, 15) is 23.5 Å².